The van der Waals surface area contributed by atoms with E-state index in [1.54, 1.807) is 20.8 Å². The summed E-state index contributed by atoms with van der Waals surface area (Å²) in [6, 6.07) is 1.25. The van der Waals surface area contributed by atoms with Gasteiger partial charge < -0.3 is 10.1 Å². The molecule has 0 aliphatic rings. The maximum atomic E-state index is 12.5. The van der Waals surface area contributed by atoms with Crippen molar-refractivity contribution >= 4 is 17.7 Å². The molecule has 8 heteroatoms. The molecule has 0 spiro atoms. The van der Waals surface area contributed by atoms with E-state index in [1.165, 1.54) is 0 Å². The van der Waals surface area contributed by atoms with Crippen LogP contribution in [0.2, 0.25) is 5.15 Å². The minimum Gasteiger partial charge on any atom is -0.391 e. The van der Waals surface area contributed by atoms with Gasteiger partial charge in [0.25, 0.3) is 0 Å². The van der Waals surface area contributed by atoms with E-state index in [1.807, 2.05) is 0 Å². The Balaban J connectivity index is 2.91. The summed E-state index contributed by atoms with van der Waals surface area (Å²) in [6.45, 7) is 5.09. The van der Waals surface area contributed by atoms with Gasteiger partial charge in [-0.3, -0.25) is 0 Å². The van der Waals surface area contributed by atoms with E-state index in [9.17, 15) is 18.0 Å². The summed E-state index contributed by atoms with van der Waals surface area (Å²) in [6.07, 6.45) is -5.50. The second-order valence-electron chi connectivity index (χ2n) is 4.78. The van der Waals surface area contributed by atoms with Gasteiger partial charge in [-0.05, 0) is 26.8 Å². The van der Waals surface area contributed by atoms with Gasteiger partial charge in [0.2, 0.25) is 5.88 Å². The van der Waals surface area contributed by atoms with Crippen molar-refractivity contribution in [2.24, 2.45) is 0 Å². The molecular formula is C11H12ClF3N2O2. The van der Waals surface area contributed by atoms with Gasteiger partial charge in [-0.15, -0.1) is 0 Å². The first-order chi connectivity index (χ1) is 8.47. The van der Waals surface area contributed by atoms with Gasteiger partial charge in [0.05, 0.1) is 5.56 Å². The number of hydrogen-bond acceptors (Lipinski definition) is 3. The van der Waals surface area contributed by atoms with Crippen LogP contribution in [0.15, 0.2) is 12.1 Å². The van der Waals surface area contributed by atoms with Crippen molar-refractivity contribution in [3.63, 3.8) is 0 Å². The number of halogens is 4. The molecule has 0 aliphatic heterocycles. The van der Waals surface area contributed by atoms with E-state index in [2.05, 4.69) is 15.0 Å². The minimum absolute atomic E-state index is 0.409. The Morgan fingerprint density at radius 2 is 1.89 bits per heavy atom. The van der Waals surface area contributed by atoms with Crippen LogP contribution in [0.4, 0.5) is 18.0 Å². The number of ether oxygens (including phenoxy) is 1. The number of carbonyl (C=O) groups excluding carboxylic acids is 1. The number of alkyl halides is 3. The van der Waals surface area contributed by atoms with Gasteiger partial charge in [0, 0.05) is 11.6 Å². The molecule has 1 rings (SSSR count). The lowest BCUT2D eigenvalue weighted by molar-refractivity contribution is -0.137. The summed E-state index contributed by atoms with van der Waals surface area (Å²) in [7, 11) is 0. The highest BCUT2D eigenvalue weighted by molar-refractivity contribution is 6.29. The summed E-state index contributed by atoms with van der Waals surface area (Å²) < 4.78 is 42.2. The van der Waals surface area contributed by atoms with Crippen LogP contribution in [0.5, 0.6) is 5.88 Å². The van der Waals surface area contributed by atoms with Crippen LogP contribution >= 0.6 is 11.6 Å². The number of rotatable bonds is 1. The Morgan fingerprint density at radius 1 is 1.32 bits per heavy atom. The fourth-order valence-electron chi connectivity index (χ4n) is 1.12. The van der Waals surface area contributed by atoms with E-state index >= 15 is 0 Å². The van der Waals surface area contributed by atoms with E-state index in [0.29, 0.717) is 12.1 Å². The molecule has 19 heavy (non-hydrogen) atoms. The molecule has 0 radical (unpaired) electrons. The van der Waals surface area contributed by atoms with Crippen LogP contribution in [0.1, 0.15) is 26.3 Å². The zero-order valence-corrected chi connectivity index (χ0v) is 11.2. The molecule has 1 aromatic heterocycles. The number of nitrogens with zero attached hydrogens (tertiary/aromatic N) is 1. The van der Waals surface area contributed by atoms with Crippen molar-refractivity contribution in [3.8, 4) is 5.88 Å². The number of carbonyl (C=O) groups is 1. The zero-order chi connectivity index (χ0) is 14.8. The van der Waals surface area contributed by atoms with Crippen molar-refractivity contribution in [2.45, 2.75) is 32.5 Å². The van der Waals surface area contributed by atoms with E-state index in [4.69, 9.17) is 11.6 Å². The number of aromatic nitrogens is 1. The van der Waals surface area contributed by atoms with Gasteiger partial charge in [0.15, 0.2) is 0 Å². The van der Waals surface area contributed by atoms with Crippen molar-refractivity contribution < 1.29 is 22.7 Å². The Hall–Kier alpha value is -1.50. The lowest BCUT2D eigenvalue weighted by Crippen LogP contribution is -2.42. The van der Waals surface area contributed by atoms with Crippen LogP contribution in [-0.4, -0.2) is 16.6 Å². The van der Waals surface area contributed by atoms with Gasteiger partial charge in [0.1, 0.15) is 5.15 Å². The second kappa shape index (κ2) is 5.24. The molecule has 0 saturated carbocycles. The highest BCUT2D eigenvalue weighted by Crippen LogP contribution is 2.32. The SMILES string of the molecule is CC(C)(C)NC(=O)Oc1cc(C(F)(F)F)cc(Cl)n1. The molecule has 1 aromatic rings. The van der Waals surface area contributed by atoms with Gasteiger partial charge in [-0.25, -0.2) is 9.78 Å². The first-order valence-electron chi connectivity index (χ1n) is 5.22. The maximum absolute atomic E-state index is 12.5. The average Bonchev–Trinajstić information content (AvgIpc) is 2.11. The zero-order valence-electron chi connectivity index (χ0n) is 10.4. The molecule has 0 atom stereocenters. The minimum atomic E-state index is -4.59. The summed E-state index contributed by atoms with van der Waals surface area (Å²) >= 11 is 5.45. The fourth-order valence-corrected chi connectivity index (χ4v) is 1.32. The van der Waals surface area contributed by atoms with Gasteiger partial charge in [-0.1, -0.05) is 11.6 Å². The monoisotopic (exact) mass is 296 g/mol. The Kier molecular flexibility index (Phi) is 4.29. The summed E-state index contributed by atoms with van der Waals surface area (Å²) in [4.78, 5) is 14.9. The molecule has 4 nitrogen and oxygen atoms in total. The maximum Gasteiger partial charge on any atom is 0.416 e. The molecule has 1 N–H and O–H groups in total. The van der Waals surface area contributed by atoms with E-state index in [0.717, 1.165) is 0 Å². The fraction of sp³-hybridized carbons (Fsp3) is 0.455. The lowest BCUT2D eigenvalue weighted by atomic mass is 10.1. The standard InChI is InChI=1S/C11H12ClF3N2O2/c1-10(2,3)17-9(18)19-8-5-6(11(13,14)15)4-7(12)16-8/h4-5H,1-3H3,(H,17,18). The van der Waals surface area contributed by atoms with Gasteiger partial charge >= 0.3 is 12.3 Å². The molecule has 1 heterocycles. The number of nitrogens with one attached hydrogen (secondary N) is 1. The van der Waals surface area contributed by atoms with Crippen LogP contribution < -0.4 is 10.1 Å². The van der Waals surface area contributed by atoms with Crippen molar-refractivity contribution in [3.05, 3.63) is 22.8 Å². The molecule has 106 valence electrons. The van der Waals surface area contributed by atoms with E-state index < -0.39 is 34.4 Å². The third-order valence-corrected chi connectivity index (χ3v) is 1.97. The van der Waals surface area contributed by atoms with Crippen LogP contribution in [0, 0.1) is 0 Å². The first kappa shape index (κ1) is 15.6. The smallest absolute Gasteiger partial charge is 0.391 e. The number of amides is 1. The normalized spacial score (nSPS) is 12.2. The second-order valence-corrected chi connectivity index (χ2v) is 5.17. The van der Waals surface area contributed by atoms with E-state index in [-0.39, 0.29) is 0 Å². The lowest BCUT2D eigenvalue weighted by Gasteiger charge is -2.19. The molecular weight excluding hydrogens is 285 g/mol. The third kappa shape index (κ3) is 5.34. The molecule has 0 aromatic carbocycles. The average molecular weight is 297 g/mol. The van der Waals surface area contributed by atoms with Crippen LogP contribution in [0.25, 0.3) is 0 Å². The third-order valence-electron chi connectivity index (χ3n) is 1.77. The summed E-state index contributed by atoms with van der Waals surface area (Å²) in [5.74, 6) is -0.512. The predicted molar refractivity (Wildman–Crippen MR) is 63.2 cm³/mol. The topological polar surface area (TPSA) is 51.2 Å². The van der Waals surface area contributed by atoms with Crippen molar-refractivity contribution in [1.29, 1.82) is 0 Å². The molecule has 0 bridgehead atoms. The van der Waals surface area contributed by atoms with Crippen molar-refractivity contribution in [2.75, 3.05) is 0 Å². The highest BCUT2D eigenvalue weighted by Gasteiger charge is 2.32. The molecule has 0 unspecified atom stereocenters. The number of hydrogen-bond donors (Lipinski definition) is 1. The quantitative estimate of drug-likeness (QED) is 0.805. The summed E-state index contributed by atoms with van der Waals surface area (Å²) in [5, 5.41) is 2.01. The number of pyridine rings is 1. The highest BCUT2D eigenvalue weighted by atomic mass is 35.5. The molecule has 0 aliphatic carbocycles. The molecule has 0 saturated heterocycles. The Morgan fingerprint density at radius 3 is 2.37 bits per heavy atom. The molecule has 0 fully saturated rings. The largest absolute Gasteiger partial charge is 0.416 e. The predicted octanol–water partition coefficient (Wildman–Crippen LogP) is 3.64. The first-order valence-corrected chi connectivity index (χ1v) is 5.60. The Labute approximate surface area is 112 Å². The van der Waals surface area contributed by atoms with Crippen LogP contribution in [-0.2, 0) is 6.18 Å². The van der Waals surface area contributed by atoms with Crippen LogP contribution in [0.3, 0.4) is 0 Å². The Bertz CT molecular complexity index is 484. The molecule has 1 amide bonds. The van der Waals surface area contributed by atoms with Gasteiger partial charge in [-0.2, -0.15) is 13.2 Å². The summed E-state index contributed by atoms with van der Waals surface area (Å²) in [5.41, 5.74) is -1.62. The van der Waals surface area contributed by atoms with Crippen molar-refractivity contribution in [1.82, 2.24) is 10.3 Å².